The fourth-order valence-electron chi connectivity index (χ4n) is 1.44. The Morgan fingerprint density at radius 2 is 2.22 bits per heavy atom. The van der Waals surface area contributed by atoms with Gasteiger partial charge in [-0.05, 0) is 18.6 Å². The summed E-state index contributed by atoms with van der Waals surface area (Å²) in [6, 6.07) is 3.25. The molecule has 1 amide bonds. The number of ether oxygens (including phenoxy) is 1. The summed E-state index contributed by atoms with van der Waals surface area (Å²) in [5.74, 6) is 0.415. The smallest absolute Gasteiger partial charge is 0.216 e. The van der Waals surface area contributed by atoms with Gasteiger partial charge in [0.05, 0.1) is 25.1 Å². The molecule has 18 heavy (non-hydrogen) atoms. The number of nitrogens with one attached hydrogen (secondary N) is 1. The SMILES string of the molecule is COc1ccc(C(O)C(O)CCNC(C)=O)nc1. The Hall–Kier alpha value is -1.66. The van der Waals surface area contributed by atoms with Gasteiger partial charge < -0.3 is 20.3 Å². The van der Waals surface area contributed by atoms with Crippen molar-refractivity contribution in [3.8, 4) is 5.75 Å². The van der Waals surface area contributed by atoms with Crippen molar-refractivity contribution in [3.63, 3.8) is 0 Å². The number of rotatable bonds is 6. The van der Waals surface area contributed by atoms with E-state index in [0.29, 0.717) is 18.0 Å². The van der Waals surface area contributed by atoms with E-state index in [4.69, 9.17) is 4.74 Å². The summed E-state index contributed by atoms with van der Waals surface area (Å²) in [5.41, 5.74) is 0.367. The van der Waals surface area contributed by atoms with Crippen LogP contribution in [0.5, 0.6) is 5.75 Å². The second kappa shape index (κ2) is 6.93. The van der Waals surface area contributed by atoms with Crippen molar-refractivity contribution in [1.29, 1.82) is 0 Å². The van der Waals surface area contributed by atoms with E-state index < -0.39 is 12.2 Å². The lowest BCUT2D eigenvalue weighted by Gasteiger charge is -2.17. The zero-order valence-corrected chi connectivity index (χ0v) is 10.5. The van der Waals surface area contributed by atoms with Gasteiger partial charge in [-0.2, -0.15) is 0 Å². The monoisotopic (exact) mass is 254 g/mol. The van der Waals surface area contributed by atoms with Crippen LogP contribution < -0.4 is 10.1 Å². The van der Waals surface area contributed by atoms with Crippen LogP contribution in [0.2, 0.25) is 0 Å². The van der Waals surface area contributed by atoms with Gasteiger partial charge in [0.25, 0.3) is 0 Å². The van der Waals surface area contributed by atoms with Crippen LogP contribution in [0.25, 0.3) is 0 Å². The molecule has 0 saturated carbocycles. The minimum atomic E-state index is -1.08. The molecule has 6 heteroatoms. The Morgan fingerprint density at radius 1 is 1.50 bits per heavy atom. The van der Waals surface area contributed by atoms with Crippen LogP contribution in [-0.4, -0.2) is 40.9 Å². The third kappa shape index (κ3) is 4.31. The third-order valence-corrected chi connectivity index (χ3v) is 2.48. The summed E-state index contributed by atoms with van der Waals surface area (Å²) in [6.45, 7) is 1.71. The minimum absolute atomic E-state index is 0.167. The van der Waals surface area contributed by atoms with E-state index in [1.54, 1.807) is 12.1 Å². The van der Waals surface area contributed by atoms with Crippen LogP contribution in [0.3, 0.4) is 0 Å². The largest absolute Gasteiger partial charge is 0.495 e. The summed E-state index contributed by atoms with van der Waals surface area (Å²) < 4.78 is 4.95. The first-order valence-electron chi connectivity index (χ1n) is 5.65. The number of hydrogen-bond donors (Lipinski definition) is 3. The second-order valence-corrected chi connectivity index (χ2v) is 3.91. The number of carbonyl (C=O) groups is 1. The molecule has 100 valence electrons. The Labute approximate surface area is 106 Å². The quantitative estimate of drug-likeness (QED) is 0.665. The fraction of sp³-hybridized carbons (Fsp3) is 0.500. The van der Waals surface area contributed by atoms with Gasteiger partial charge in [-0.15, -0.1) is 0 Å². The van der Waals surface area contributed by atoms with Gasteiger partial charge in [-0.3, -0.25) is 9.78 Å². The molecule has 1 aromatic heterocycles. The molecule has 0 aliphatic heterocycles. The molecule has 0 fully saturated rings. The number of hydrogen-bond acceptors (Lipinski definition) is 5. The van der Waals surface area contributed by atoms with Crippen molar-refractivity contribution in [2.24, 2.45) is 0 Å². The Kier molecular flexibility index (Phi) is 5.54. The van der Waals surface area contributed by atoms with Crippen molar-refractivity contribution in [2.45, 2.75) is 25.6 Å². The number of aromatic nitrogens is 1. The molecule has 1 rings (SSSR count). The minimum Gasteiger partial charge on any atom is -0.495 e. The Balaban J connectivity index is 2.51. The number of carbonyl (C=O) groups excluding carboxylic acids is 1. The van der Waals surface area contributed by atoms with Gasteiger partial charge in [-0.1, -0.05) is 0 Å². The molecule has 0 aromatic carbocycles. The average molecular weight is 254 g/mol. The lowest BCUT2D eigenvalue weighted by molar-refractivity contribution is -0.119. The fourth-order valence-corrected chi connectivity index (χ4v) is 1.44. The molecule has 0 spiro atoms. The van der Waals surface area contributed by atoms with Crippen molar-refractivity contribution in [1.82, 2.24) is 10.3 Å². The van der Waals surface area contributed by atoms with E-state index in [9.17, 15) is 15.0 Å². The van der Waals surface area contributed by atoms with Crippen LogP contribution in [0, 0.1) is 0 Å². The second-order valence-electron chi connectivity index (χ2n) is 3.91. The lowest BCUT2D eigenvalue weighted by Crippen LogP contribution is -2.28. The first-order chi connectivity index (χ1) is 8.54. The lowest BCUT2D eigenvalue weighted by atomic mass is 10.1. The van der Waals surface area contributed by atoms with Gasteiger partial charge in [-0.25, -0.2) is 0 Å². The highest BCUT2D eigenvalue weighted by Crippen LogP contribution is 2.18. The molecule has 2 atom stereocenters. The topological polar surface area (TPSA) is 91.7 Å². The number of nitrogens with zero attached hydrogens (tertiary/aromatic N) is 1. The standard InChI is InChI=1S/C12H18N2O4/c1-8(15)13-6-5-11(16)12(17)10-4-3-9(18-2)7-14-10/h3-4,7,11-12,16-17H,5-6H2,1-2H3,(H,13,15). The van der Waals surface area contributed by atoms with Crippen LogP contribution >= 0.6 is 0 Å². The molecule has 0 radical (unpaired) electrons. The summed E-state index contributed by atoms with van der Waals surface area (Å²) in [7, 11) is 1.52. The number of pyridine rings is 1. The van der Waals surface area contributed by atoms with E-state index in [0.717, 1.165) is 0 Å². The zero-order valence-electron chi connectivity index (χ0n) is 10.5. The van der Waals surface area contributed by atoms with Gasteiger partial charge in [0.2, 0.25) is 5.91 Å². The van der Waals surface area contributed by atoms with Gasteiger partial charge in [0.15, 0.2) is 0 Å². The van der Waals surface area contributed by atoms with E-state index >= 15 is 0 Å². The normalized spacial score (nSPS) is 13.8. The molecule has 6 nitrogen and oxygen atoms in total. The highest BCUT2D eigenvalue weighted by Gasteiger charge is 2.19. The predicted octanol–water partition coefficient (Wildman–Crippen LogP) is 0.0107. The number of aliphatic hydroxyl groups is 2. The molecule has 0 saturated heterocycles. The van der Waals surface area contributed by atoms with Crippen molar-refractivity contribution in [3.05, 3.63) is 24.0 Å². The first-order valence-corrected chi connectivity index (χ1v) is 5.65. The van der Waals surface area contributed by atoms with Crippen LogP contribution in [0.15, 0.2) is 18.3 Å². The maximum Gasteiger partial charge on any atom is 0.216 e. The predicted molar refractivity (Wildman–Crippen MR) is 65.1 cm³/mol. The van der Waals surface area contributed by atoms with E-state index in [2.05, 4.69) is 10.3 Å². The summed E-state index contributed by atoms with van der Waals surface area (Å²) in [4.78, 5) is 14.6. The van der Waals surface area contributed by atoms with Crippen LogP contribution in [0.1, 0.15) is 25.1 Å². The summed E-state index contributed by atoms with van der Waals surface area (Å²) >= 11 is 0. The maximum absolute atomic E-state index is 10.7. The summed E-state index contributed by atoms with van der Waals surface area (Å²) in [5, 5.41) is 22.1. The van der Waals surface area contributed by atoms with Crippen LogP contribution in [0.4, 0.5) is 0 Å². The molecular formula is C12H18N2O4. The molecule has 0 aliphatic carbocycles. The van der Waals surface area contributed by atoms with Crippen LogP contribution in [-0.2, 0) is 4.79 Å². The highest BCUT2D eigenvalue weighted by atomic mass is 16.5. The van der Waals surface area contributed by atoms with Gasteiger partial charge in [0.1, 0.15) is 11.9 Å². The van der Waals surface area contributed by atoms with Crippen molar-refractivity contribution < 1.29 is 19.7 Å². The average Bonchev–Trinajstić information content (AvgIpc) is 2.37. The number of amides is 1. The van der Waals surface area contributed by atoms with E-state index in [1.165, 1.54) is 20.2 Å². The molecule has 1 heterocycles. The van der Waals surface area contributed by atoms with Crippen molar-refractivity contribution in [2.75, 3.05) is 13.7 Å². The van der Waals surface area contributed by atoms with Gasteiger partial charge in [0, 0.05) is 13.5 Å². The third-order valence-electron chi connectivity index (χ3n) is 2.48. The molecule has 3 N–H and O–H groups in total. The zero-order chi connectivity index (χ0) is 13.5. The number of aliphatic hydroxyl groups excluding tert-OH is 2. The number of methoxy groups -OCH3 is 1. The molecule has 0 aliphatic rings. The first kappa shape index (κ1) is 14.4. The van der Waals surface area contributed by atoms with Gasteiger partial charge >= 0.3 is 0 Å². The molecule has 0 bridgehead atoms. The maximum atomic E-state index is 10.7. The van der Waals surface area contributed by atoms with E-state index in [1.807, 2.05) is 0 Å². The Morgan fingerprint density at radius 3 is 2.72 bits per heavy atom. The van der Waals surface area contributed by atoms with E-state index in [-0.39, 0.29) is 12.3 Å². The highest BCUT2D eigenvalue weighted by molar-refractivity contribution is 5.72. The summed E-state index contributed by atoms with van der Waals surface area (Å²) in [6.07, 6.45) is -0.324. The molecule has 2 unspecified atom stereocenters. The van der Waals surface area contributed by atoms with Crippen molar-refractivity contribution >= 4 is 5.91 Å². The Bertz CT molecular complexity index is 380. The molecular weight excluding hydrogens is 236 g/mol. The molecule has 1 aromatic rings.